The smallest absolute Gasteiger partial charge is 0.355 e. The van der Waals surface area contributed by atoms with Gasteiger partial charge in [-0.05, 0) is 24.3 Å². The molecule has 1 amide bonds. The van der Waals surface area contributed by atoms with Gasteiger partial charge < -0.3 is 9.72 Å². The van der Waals surface area contributed by atoms with Crippen LogP contribution < -0.4 is 16.6 Å². The highest BCUT2D eigenvalue weighted by atomic mass is 32.1. The van der Waals surface area contributed by atoms with Gasteiger partial charge in [0.05, 0.1) is 5.69 Å². The third-order valence-corrected chi connectivity index (χ3v) is 3.96. The number of amides is 1. The first-order valence-corrected chi connectivity index (χ1v) is 8.31. The Balaban J connectivity index is 1.58. The lowest BCUT2D eigenvalue weighted by Crippen LogP contribution is -2.27. The molecule has 2 heterocycles. The van der Waals surface area contributed by atoms with E-state index in [1.54, 1.807) is 17.5 Å². The van der Waals surface area contributed by atoms with Crippen molar-refractivity contribution < 1.29 is 18.7 Å². The van der Waals surface area contributed by atoms with Gasteiger partial charge in [-0.15, -0.1) is 11.3 Å². The van der Waals surface area contributed by atoms with Crippen LogP contribution in [0.4, 0.5) is 9.52 Å². The van der Waals surface area contributed by atoms with Gasteiger partial charge in [-0.2, -0.15) is 0 Å². The van der Waals surface area contributed by atoms with Crippen LogP contribution in [0.25, 0.3) is 11.3 Å². The number of halogens is 1. The van der Waals surface area contributed by atoms with Crippen LogP contribution in [0.5, 0.6) is 0 Å². The van der Waals surface area contributed by atoms with E-state index in [9.17, 15) is 23.6 Å². The zero-order chi connectivity index (χ0) is 19.4. The zero-order valence-electron chi connectivity index (χ0n) is 13.4. The van der Waals surface area contributed by atoms with E-state index in [1.807, 2.05) is 4.98 Å². The number of aromatic amines is 2. The molecule has 0 bridgehead atoms. The van der Waals surface area contributed by atoms with Gasteiger partial charge in [0.1, 0.15) is 11.5 Å². The lowest BCUT2D eigenvalue weighted by atomic mass is 10.2. The van der Waals surface area contributed by atoms with Gasteiger partial charge in [0.2, 0.25) is 0 Å². The number of anilines is 1. The largest absolute Gasteiger partial charge is 0.451 e. The Hall–Kier alpha value is -3.60. The molecule has 0 aliphatic carbocycles. The standard InChI is InChI=1S/C16H11FN4O5S/c17-9-3-1-8(2-4-9)11-7-27-16(19-11)21-13(23)6-26-14(24)10-5-12(22)20-15(25)18-10/h1-5,7H,6H2,(H,19,21,23)(H2,18,20,22,25). The van der Waals surface area contributed by atoms with Crippen LogP contribution in [0.3, 0.4) is 0 Å². The van der Waals surface area contributed by atoms with Crippen LogP contribution in [0.15, 0.2) is 45.3 Å². The van der Waals surface area contributed by atoms with Gasteiger partial charge in [0.15, 0.2) is 11.7 Å². The second kappa shape index (κ2) is 7.74. The number of nitrogens with zero attached hydrogens (tertiary/aromatic N) is 1. The summed E-state index contributed by atoms with van der Waals surface area (Å²) in [7, 11) is 0. The van der Waals surface area contributed by atoms with Crippen LogP contribution in [-0.4, -0.2) is 33.4 Å². The molecular weight excluding hydrogens is 379 g/mol. The summed E-state index contributed by atoms with van der Waals surface area (Å²) in [5, 5.41) is 4.39. The van der Waals surface area contributed by atoms with Crippen molar-refractivity contribution >= 4 is 28.3 Å². The van der Waals surface area contributed by atoms with E-state index in [4.69, 9.17) is 4.74 Å². The molecule has 27 heavy (non-hydrogen) atoms. The summed E-state index contributed by atoms with van der Waals surface area (Å²) in [5.74, 6) is -2.05. The van der Waals surface area contributed by atoms with E-state index in [0.29, 0.717) is 11.3 Å². The third-order valence-electron chi connectivity index (χ3n) is 3.21. The average Bonchev–Trinajstić information content (AvgIpc) is 3.08. The van der Waals surface area contributed by atoms with Crippen molar-refractivity contribution in [3.8, 4) is 11.3 Å². The molecule has 0 aliphatic rings. The molecule has 0 fully saturated rings. The predicted octanol–water partition coefficient (Wildman–Crippen LogP) is 1.12. The molecule has 1 aromatic carbocycles. The van der Waals surface area contributed by atoms with Crippen molar-refractivity contribution in [1.82, 2.24) is 15.0 Å². The minimum absolute atomic E-state index is 0.264. The minimum atomic E-state index is -1.03. The molecule has 138 valence electrons. The van der Waals surface area contributed by atoms with Gasteiger partial charge in [0, 0.05) is 17.0 Å². The van der Waals surface area contributed by atoms with Gasteiger partial charge >= 0.3 is 11.7 Å². The van der Waals surface area contributed by atoms with E-state index in [0.717, 1.165) is 17.4 Å². The van der Waals surface area contributed by atoms with Crippen LogP contribution in [0, 0.1) is 5.82 Å². The number of rotatable bonds is 5. The number of aromatic nitrogens is 3. The topological polar surface area (TPSA) is 134 Å². The second-order valence-corrected chi connectivity index (χ2v) is 6.03. The summed E-state index contributed by atoms with van der Waals surface area (Å²) >= 11 is 1.14. The van der Waals surface area contributed by atoms with E-state index in [1.165, 1.54) is 12.1 Å². The van der Waals surface area contributed by atoms with E-state index in [2.05, 4.69) is 15.3 Å². The van der Waals surface area contributed by atoms with Crippen LogP contribution in [0.1, 0.15) is 10.5 Å². The van der Waals surface area contributed by atoms with Crippen LogP contribution in [0.2, 0.25) is 0 Å². The third kappa shape index (κ3) is 4.73. The maximum Gasteiger partial charge on any atom is 0.355 e. The molecule has 0 atom stereocenters. The maximum atomic E-state index is 12.9. The monoisotopic (exact) mass is 390 g/mol. The molecule has 2 aromatic heterocycles. The van der Waals surface area contributed by atoms with Crippen LogP contribution >= 0.6 is 11.3 Å². The number of carbonyl (C=O) groups excluding carboxylic acids is 2. The van der Waals surface area contributed by atoms with Crippen LogP contribution in [-0.2, 0) is 9.53 Å². The molecule has 3 aromatic rings. The molecule has 0 unspecified atom stereocenters. The minimum Gasteiger partial charge on any atom is -0.451 e. The molecule has 9 nitrogen and oxygen atoms in total. The highest BCUT2D eigenvalue weighted by molar-refractivity contribution is 7.14. The average molecular weight is 390 g/mol. The molecule has 0 aliphatic heterocycles. The van der Waals surface area contributed by atoms with Crippen molar-refractivity contribution in [3.05, 3.63) is 68.1 Å². The highest BCUT2D eigenvalue weighted by Gasteiger charge is 2.13. The molecule has 0 saturated heterocycles. The summed E-state index contributed by atoms with van der Waals surface area (Å²) in [4.78, 5) is 54.0. The zero-order valence-corrected chi connectivity index (χ0v) is 14.3. The van der Waals surface area contributed by atoms with Gasteiger partial charge in [-0.3, -0.25) is 19.9 Å². The number of benzene rings is 1. The number of esters is 1. The number of hydrogen-bond donors (Lipinski definition) is 3. The fraction of sp³-hybridized carbons (Fsp3) is 0.0625. The maximum absolute atomic E-state index is 12.9. The number of thiazole rings is 1. The van der Waals surface area contributed by atoms with Gasteiger partial charge in [0.25, 0.3) is 11.5 Å². The summed E-state index contributed by atoms with van der Waals surface area (Å²) in [6, 6.07) is 6.55. The Morgan fingerprint density at radius 1 is 1.19 bits per heavy atom. The van der Waals surface area contributed by atoms with Gasteiger partial charge in [-0.25, -0.2) is 19.0 Å². The first-order valence-electron chi connectivity index (χ1n) is 7.43. The van der Waals surface area contributed by atoms with E-state index >= 15 is 0 Å². The van der Waals surface area contributed by atoms with Gasteiger partial charge in [-0.1, -0.05) is 0 Å². The van der Waals surface area contributed by atoms with E-state index < -0.39 is 29.7 Å². The summed E-state index contributed by atoms with van der Waals surface area (Å²) in [6.07, 6.45) is 0. The van der Waals surface area contributed by atoms with Crippen molar-refractivity contribution in [3.63, 3.8) is 0 Å². The molecule has 0 spiro atoms. The van der Waals surface area contributed by atoms with E-state index in [-0.39, 0.29) is 16.6 Å². The Bertz CT molecular complexity index is 1070. The fourth-order valence-electron chi connectivity index (χ4n) is 2.03. The first-order chi connectivity index (χ1) is 12.9. The molecule has 11 heteroatoms. The lowest BCUT2D eigenvalue weighted by Gasteiger charge is -2.04. The quantitative estimate of drug-likeness (QED) is 0.559. The number of H-pyrrole nitrogens is 2. The Kier molecular flexibility index (Phi) is 5.22. The molecule has 0 radical (unpaired) electrons. The fourth-order valence-corrected chi connectivity index (χ4v) is 2.76. The predicted molar refractivity (Wildman–Crippen MR) is 94.1 cm³/mol. The summed E-state index contributed by atoms with van der Waals surface area (Å²) < 4.78 is 17.7. The molecular formula is C16H11FN4O5S. The first kappa shape index (κ1) is 18.2. The van der Waals surface area contributed by atoms with Crippen molar-refractivity contribution in [2.75, 3.05) is 11.9 Å². The van der Waals surface area contributed by atoms with Crippen molar-refractivity contribution in [2.24, 2.45) is 0 Å². The molecule has 0 saturated carbocycles. The molecule has 3 rings (SSSR count). The van der Waals surface area contributed by atoms with Crippen molar-refractivity contribution in [1.29, 1.82) is 0 Å². The SMILES string of the molecule is O=C(COC(=O)c1cc(=O)[nH]c(=O)[nH]1)Nc1nc(-c2ccc(F)cc2)cs1. The number of nitrogens with one attached hydrogen (secondary N) is 3. The lowest BCUT2D eigenvalue weighted by molar-refractivity contribution is -0.119. The normalized spacial score (nSPS) is 10.4. The second-order valence-electron chi connectivity index (χ2n) is 5.17. The Morgan fingerprint density at radius 3 is 2.63 bits per heavy atom. The number of hydrogen-bond acceptors (Lipinski definition) is 7. The Morgan fingerprint density at radius 2 is 1.93 bits per heavy atom. The van der Waals surface area contributed by atoms with Crippen molar-refractivity contribution in [2.45, 2.75) is 0 Å². The number of carbonyl (C=O) groups is 2. The highest BCUT2D eigenvalue weighted by Crippen LogP contribution is 2.24. The summed E-state index contributed by atoms with van der Waals surface area (Å²) in [5.41, 5.74) is -0.781. The Labute approximate surface area is 153 Å². The summed E-state index contributed by atoms with van der Waals surface area (Å²) in [6.45, 7) is -0.640. The molecule has 3 N–H and O–H groups in total. The number of ether oxygens (including phenoxy) is 1.